The van der Waals surface area contributed by atoms with Crippen LogP contribution in [0, 0.1) is 0 Å². The van der Waals surface area contributed by atoms with E-state index in [1.54, 1.807) is 43.3 Å². The van der Waals surface area contributed by atoms with E-state index >= 15 is 0 Å². The maximum absolute atomic E-state index is 12.9. The molecular formula is C18H17ClN2O4. The van der Waals surface area contributed by atoms with Crippen molar-refractivity contribution in [3.63, 3.8) is 0 Å². The van der Waals surface area contributed by atoms with Crippen molar-refractivity contribution in [2.75, 3.05) is 14.2 Å². The topological polar surface area (TPSA) is 73.3 Å². The van der Waals surface area contributed by atoms with Crippen LogP contribution in [-0.4, -0.2) is 23.8 Å². The van der Waals surface area contributed by atoms with Crippen LogP contribution in [0.3, 0.4) is 0 Å². The SMILES string of the molecule is COc1cc2[nH]c(=O)n(C(C)c3ccc(Cl)cc3)c(=O)c2cc1OC. The Morgan fingerprint density at radius 2 is 1.64 bits per heavy atom. The zero-order chi connectivity index (χ0) is 18.1. The van der Waals surface area contributed by atoms with Gasteiger partial charge in [-0.15, -0.1) is 0 Å². The highest BCUT2D eigenvalue weighted by Crippen LogP contribution is 2.29. The van der Waals surface area contributed by atoms with Crippen LogP contribution in [0.25, 0.3) is 10.9 Å². The molecule has 2 aromatic carbocycles. The number of nitrogens with zero attached hydrogens (tertiary/aromatic N) is 1. The molecule has 0 aliphatic carbocycles. The normalized spacial score (nSPS) is 12.2. The zero-order valence-corrected chi connectivity index (χ0v) is 14.8. The zero-order valence-electron chi connectivity index (χ0n) is 14.0. The summed E-state index contributed by atoms with van der Waals surface area (Å²) in [6, 6.07) is 9.72. The summed E-state index contributed by atoms with van der Waals surface area (Å²) in [5.41, 5.74) is 0.304. The first-order valence-corrected chi connectivity index (χ1v) is 8.00. The Morgan fingerprint density at radius 1 is 1.04 bits per heavy atom. The number of hydrogen-bond donors (Lipinski definition) is 1. The number of benzene rings is 2. The van der Waals surface area contributed by atoms with Crippen molar-refractivity contribution in [3.05, 3.63) is 67.8 Å². The number of methoxy groups -OCH3 is 2. The molecule has 1 unspecified atom stereocenters. The molecule has 3 rings (SSSR count). The molecule has 0 aliphatic heterocycles. The lowest BCUT2D eigenvalue weighted by molar-refractivity contribution is 0.355. The van der Waals surface area contributed by atoms with Crippen molar-refractivity contribution in [1.29, 1.82) is 0 Å². The fourth-order valence-electron chi connectivity index (χ4n) is 2.80. The molecule has 1 atom stereocenters. The van der Waals surface area contributed by atoms with Gasteiger partial charge in [-0.05, 0) is 30.7 Å². The van der Waals surface area contributed by atoms with Gasteiger partial charge in [0.25, 0.3) is 5.56 Å². The number of aromatic nitrogens is 2. The Bertz CT molecular complexity index is 1040. The summed E-state index contributed by atoms with van der Waals surface area (Å²) in [6.07, 6.45) is 0. The molecule has 0 spiro atoms. The van der Waals surface area contributed by atoms with E-state index in [0.29, 0.717) is 27.4 Å². The summed E-state index contributed by atoms with van der Waals surface area (Å²) in [7, 11) is 2.98. The lowest BCUT2D eigenvalue weighted by Crippen LogP contribution is -2.37. The van der Waals surface area contributed by atoms with Crippen LogP contribution in [0.1, 0.15) is 18.5 Å². The number of halogens is 1. The number of nitrogens with one attached hydrogen (secondary N) is 1. The highest BCUT2D eigenvalue weighted by atomic mass is 35.5. The minimum atomic E-state index is -0.493. The molecule has 0 radical (unpaired) electrons. The van der Waals surface area contributed by atoms with Crippen LogP contribution in [-0.2, 0) is 0 Å². The van der Waals surface area contributed by atoms with E-state index in [9.17, 15) is 9.59 Å². The highest BCUT2D eigenvalue weighted by Gasteiger charge is 2.17. The number of fused-ring (bicyclic) bond motifs is 1. The van der Waals surface area contributed by atoms with Crippen molar-refractivity contribution in [2.24, 2.45) is 0 Å². The van der Waals surface area contributed by atoms with Crippen molar-refractivity contribution in [3.8, 4) is 11.5 Å². The predicted molar refractivity (Wildman–Crippen MR) is 97.2 cm³/mol. The average Bonchev–Trinajstić information content (AvgIpc) is 2.61. The maximum Gasteiger partial charge on any atom is 0.329 e. The predicted octanol–water partition coefficient (Wildman–Crippen LogP) is 2.97. The summed E-state index contributed by atoms with van der Waals surface area (Å²) in [6.45, 7) is 1.78. The quantitative estimate of drug-likeness (QED) is 0.776. The van der Waals surface area contributed by atoms with Gasteiger partial charge < -0.3 is 14.5 Å². The first-order valence-electron chi connectivity index (χ1n) is 7.62. The number of ether oxygens (including phenoxy) is 2. The number of H-pyrrole nitrogens is 1. The molecule has 1 N–H and O–H groups in total. The van der Waals surface area contributed by atoms with E-state index in [1.807, 2.05) is 0 Å². The second-order valence-corrected chi connectivity index (χ2v) is 6.02. The molecule has 6 nitrogen and oxygen atoms in total. The summed E-state index contributed by atoms with van der Waals surface area (Å²) in [5.74, 6) is 0.860. The Kier molecular flexibility index (Phi) is 4.55. The largest absolute Gasteiger partial charge is 0.493 e. The first-order chi connectivity index (χ1) is 12.0. The molecule has 0 amide bonds. The van der Waals surface area contributed by atoms with Gasteiger partial charge in [0.05, 0.1) is 31.2 Å². The van der Waals surface area contributed by atoms with Crippen LogP contribution < -0.4 is 20.7 Å². The molecule has 1 aromatic heterocycles. The molecule has 0 saturated heterocycles. The molecule has 1 heterocycles. The third-order valence-electron chi connectivity index (χ3n) is 4.17. The van der Waals surface area contributed by atoms with Crippen LogP contribution >= 0.6 is 11.6 Å². The summed E-state index contributed by atoms with van der Waals surface area (Å²) >= 11 is 5.90. The van der Waals surface area contributed by atoms with Gasteiger partial charge >= 0.3 is 5.69 Å². The van der Waals surface area contributed by atoms with Gasteiger partial charge in [0.15, 0.2) is 11.5 Å². The average molecular weight is 361 g/mol. The van der Waals surface area contributed by atoms with E-state index in [0.717, 1.165) is 5.56 Å². The Morgan fingerprint density at radius 3 is 2.24 bits per heavy atom. The molecule has 25 heavy (non-hydrogen) atoms. The third kappa shape index (κ3) is 3.00. The van der Waals surface area contributed by atoms with Crippen molar-refractivity contribution in [2.45, 2.75) is 13.0 Å². The maximum atomic E-state index is 12.9. The highest BCUT2D eigenvalue weighted by molar-refractivity contribution is 6.30. The van der Waals surface area contributed by atoms with Crippen LogP contribution in [0.15, 0.2) is 46.0 Å². The molecule has 7 heteroatoms. The van der Waals surface area contributed by atoms with Gasteiger partial charge in [-0.3, -0.25) is 9.36 Å². The monoisotopic (exact) mass is 360 g/mol. The van der Waals surface area contributed by atoms with E-state index in [-0.39, 0.29) is 0 Å². The van der Waals surface area contributed by atoms with E-state index in [2.05, 4.69) is 4.98 Å². The molecular weight excluding hydrogens is 344 g/mol. The molecule has 0 fully saturated rings. The minimum absolute atomic E-state index is 0.345. The van der Waals surface area contributed by atoms with Crippen LogP contribution in [0.5, 0.6) is 11.5 Å². The van der Waals surface area contributed by atoms with E-state index < -0.39 is 17.3 Å². The van der Waals surface area contributed by atoms with Crippen LogP contribution in [0.2, 0.25) is 5.02 Å². The number of aromatic amines is 1. The fraction of sp³-hybridized carbons (Fsp3) is 0.222. The van der Waals surface area contributed by atoms with Gasteiger partial charge in [0, 0.05) is 11.1 Å². The Balaban J connectivity index is 2.24. The smallest absolute Gasteiger partial charge is 0.329 e. The van der Waals surface area contributed by atoms with Gasteiger partial charge in [-0.2, -0.15) is 0 Å². The fourth-order valence-corrected chi connectivity index (χ4v) is 2.92. The summed E-state index contributed by atoms with van der Waals surface area (Å²) < 4.78 is 11.6. The minimum Gasteiger partial charge on any atom is -0.493 e. The molecule has 130 valence electrons. The molecule has 3 aromatic rings. The van der Waals surface area contributed by atoms with Crippen LogP contribution in [0.4, 0.5) is 0 Å². The van der Waals surface area contributed by atoms with Gasteiger partial charge in [0.1, 0.15) is 0 Å². The van der Waals surface area contributed by atoms with Gasteiger partial charge in [-0.1, -0.05) is 23.7 Å². The number of hydrogen-bond acceptors (Lipinski definition) is 4. The standard InChI is InChI=1S/C18H17ClN2O4/c1-10(11-4-6-12(19)7-5-11)21-17(22)13-8-15(24-2)16(25-3)9-14(13)20-18(21)23/h4-10H,1-3H3,(H,20,23). The molecule has 0 bridgehead atoms. The van der Waals surface area contributed by atoms with Crippen molar-refractivity contribution < 1.29 is 9.47 Å². The van der Waals surface area contributed by atoms with Crippen molar-refractivity contribution >= 4 is 22.5 Å². The van der Waals surface area contributed by atoms with Gasteiger partial charge in [0.2, 0.25) is 0 Å². The number of rotatable bonds is 4. The Hall–Kier alpha value is -2.73. The Labute approximate surface area is 148 Å². The summed E-state index contributed by atoms with van der Waals surface area (Å²) in [5, 5.41) is 0.936. The second kappa shape index (κ2) is 6.64. The van der Waals surface area contributed by atoms with E-state index in [4.69, 9.17) is 21.1 Å². The summed E-state index contributed by atoms with van der Waals surface area (Å²) in [4.78, 5) is 28.2. The van der Waals surface area contributed by atoms with E-state index in [1.165, 1.54) is 18.8 Å². The third-order valence-corrected chi connectivity index (χ3v) is 4.43. The molecule has 0 saturated carbocycles. The first kappa shape index (κ1) is 17.1. The van der Waals surface area contributed by atoms with Gasteiger partial charge in [-0.25, -0.2) is 4.79 Å². The molecule has 0 aliphatic rings. The van der Waals surface area contributed by atoms with Crippen molar-refractivity contribution in [1.82, 2.24) is 9.55 Å². The second-order valence-electron chi connectivity index (χ2n) is 5.59. The lowest BCUT2D eigenvalue weighted by atomic mass is 10.1. The lowest BCUT2D eigenvalue weighted by Gasteiger charge is -2.16.